The van der Waals surface area contributed by atoms with Crippen molar-refractivity contribution in [3.8, 4) is 17.0 Å². The minimum Gasteiger partial charge on any atom is -0.496 e. The second kappa shape index (κ2) is 4.52. The zero-order valence-electron chi connectivity index (χ0n) is 10.5. The Morgan fingerprint density at radius 3 is 2.72 bits per heavy atom. The highest BCUT2D eigenvalue weighted by Gasteiger charge is 2.16. The maximum atomic E-state index is 11.1. The highest BCUT2D eigenvalue weighted by Crippen LogP contribution is 2.27. The van der Waals surface area contributed by atoms with Gasteiger partial charge in [-0.15, -0.1) is 0 Å². The van der Waals surface area contributed by atoms with Crippen molar-refractivity contribution >= 4 is 5.97 Å². The predicted octanol–water partition coefficient (Wildman–Crippen LogP) is 2.10. The second-order valence-electron chi connectivity index (χ2n) is 4.05. The first-order chi connectivity index (χ1) is 8.52. The van der Waals surface area contributed by atoms with E-state index in [-0.39, 0.29) is 5.56 Å². The molecular formula is C13H14N2O3. The van der Waals surface area contributed by atoms with Crippen LogP contribution < -0.4 is 4.74 Å². The van der Waals surface area contributed by atoms with Gasteiger partial charge in [0.25, 0.3) is 0 Å². The molecule has 0 radical (unpaired) electrons. The molecule has 18 heavy (non-hydrogen) atoms. The number of aromatic nitrogens is 2. The number of benzene rings is 1. The van der Waals surface area contributed by atoms with E-state index in [1.807, 2.05) is 19.1 Å². The molecule has 1 aromatic heterocycles. The van der Waals surface area contributed by atoms with E-state index in [0.29, 0.717) is 5.69 Å². The summed E-state index contributed by atoms with van der Waals surface area (Å²) >= 11 is 0. The van der Waals surface area contributed by atoms with E-state index < -0.39 is 5.97 Å². The summed E-state index contributed by atoms with van der Waals surface area (Å²) in [5.41, 5.74) is 2.38. The summed E-state index contributed by atoms with van der Waals surface area (Å²) < 4.78 is 6.68. The molecule has 1 N–H and O–H groups in total. The van der Waals surface area contributed by atoms with Gasteiger partial charge in [-0.3, -0.25) is 4.68 Å². The number of hydrogen-bond donors (Lipinski definition) is 1. The van der Waals surface area contributed by atoms with Crippen LogP contribution in [-0.2, 0) is 7.05 Å². The average Bonchev–Trinajstić information content (AvgIpc) is 2.71. The van der Waals surface area contributed by atoms with E-state index in [0.717, 1.165) is 16.9 Å². The molecule has 0 amide bonds. The van der Waals surface area contributed by atoms with Gasteiger partial charge in [-0.1, -0.05) is 0 Å². The van der Waals surface area contributed by atoms with Gasteiger partial charge < -0.3 is 9.84 Å². The number of methoxy groups -OCH3 is 1. The molecule has 0 fully saturated rings. The molecular weight excluding hydrogens is 232 g/mol. The number of ether oxygens (including phenoxy) is 1. The largest absolute Gasteiger partial charge is 0.496 e. The van der Waals surface area contributed by atoms with Crippen LogP contribution in [0.4, 0.5) is 0 Å². The van der Waals surface area contributed by atoms with Crippen molar-refractivity contribution in [3.63, 3.8) is 0 Å². The Kier molecular flexibility index (Phi) is 3.06. The van der Waals surface area contributed by atoms with Crippen molar-refractivity contribution in [1.82, 2.24) is 9.78 Å². The van der Waals surface area contributed by atoms with Crippen molar-refractivity contribution in [1.29, 1.82) is 0 Å². The average molecular weight is 246 g/mol. The SMILES string of the molecule is COc1ccc(-c2nn(C)cc2C(=O)O)cc1C. The van der Waals surface area contributed by atoms with Crippen LogP contribution in [0.5, 0.6) is 5.75 Å². The second-order valence-corrected chi connectivity index (χ2v) is 4.05. The first-order valence-electron chi connectivity index (χ1n) is 5.45. The quantitative estimate of drug-likeness (QED) is 0.900. The highest BCUT2D eigenvalue weighted by molar-refractivity contribution is 5.94. The van der Waals surface area contributed by atoms with Crippen molar-refractivity contribution in [2.24, 2.45) is 7.05 Å². The fraction of sp³-hybridized carbons (Fsp3) is 0.231. The standard InChI is InChI=1S/C13H14N2O3/c1-8-6-9(4-5-11(8)18-3)12-10(13(16)17)7-15(2)14-12/h4-7H,1-3H3,(H,16,17). The Hall–Kier alpha value is -2.30. The number of aromatic carboxylic acids is 1. The highest BCUT2D eigenvalue weighted by atomic mass is 16.5. The molecule has 0 atom stereocenters. The molecule has 0 saturated heterocycles. The normalized spacial score (nSPS) is 10.4. The lowest BCUT2D eigenvalue weighted by molar-refractivity contribution is 0.0697. The van der Waals surface area contributed by atoms with Gasteiger partial charge in [0.15, 0.2) is 0 Å². The summed E-state index contributed by atoms with van der Waals surface area (Å²) in [6, 6.07) is 5.49. The fourth-order valence-corrected chi connectivity index (χ4v) is 1.88. The summed E-state index contributed by atoms with van der Waals surface area (Å²) in [7, 11) is 3.30. The lowest BCUT2D eigenvalue weighted by atomic mass is 10.1. The Bertz CT molecular complexity index is 602. The Morgan fingerprint density at radius 1 is 1.44 bits per heavy atom. The molecule has 0 spiro atoms. The van der Waals surface area contributed by atoms with E-state index in [9.17, 15) is 4.79 Å². The number of carboxylic acid groups (broad SMARTS) is 1. The van der Waals surface area contributed by atoms with Crippen LogP contribution in [0.1, 0.15) is 15.9 Å². The van der Waals surface area contributed by atoms with E-state index in [4.69, 9.17) is 9.84 Å². The van der Waals surface area contributed by atoms with Crippen LogP contribution in [0.2, 0.25) is 0 Å². The lowest BCUT2D eigenvalue weighted by Gasteiger charge is -2.06. The zero-order chi connectivity index (χ0) is 13.3. The van der Waals surface area contributed by atoms with E-state index in [2.05, 4.69) is 5.10 Å². The lowest BCUT2D eigenvalue weighted by Crippen LogP contribution is -1.97. The van der Waals surface area contributed by atoms with Crippen LogP contribution in [0.25, 0.3) is 11.3 Å². The minimum atomic E-state index is -0.980. The van der Waals surface area contributed by atoms with E-state index in [1.165, 1.54) is 10.9 Å². The zero-order valence-corrected chi connectivity index (χ0v) is 10.5. The van der Waals surface area contributed by atoms with Crippen molar-refractivity contribution in [2.75, 3.05) is 7.11 Å². The van der Waals surface area contributed by atoms with Gasteiger partial charge in [0.2, 0.25) is 0 Å². The Balaban J connectivity index is 2.55. The number of rotatable bonds is 3. The smallest absolute Gasteiger partial charge is 0.339 e. The molecule has 0 bridgehead atoms. The predicted molar refractivity (Wildman–Crippen MR) is 66.9 cm³/mol. The van der Waals surface area contributed by atoms with E-state index in [1.54, 1.807) is 20.2 Å². The number of carbonyl (C=O) groups is 1. The molecule has 0 aliphatic rings. The minimum absolute atomic E-state index is 0.196. The van der Waals surface area contributed by atoms with Crippen LogP contribution >= 0.6 is 0 Å². The molecule has 0 saturated carbocycles. The van der Waals surface area contributed by atoms with Crippen LogP contribution in [-0.4, -0.2) is 28.0 Å². The van der Waals surface area contributed by atoms with Crippen molar-refractivity contribution < 1.29 is 14.6 Å². The third kappa shape index (κ3) is 2.07. The number of aryl methyl sites for hydroxylation is 2. The summed E-state index contributed by atoms with van der Waals surface area (Å²) in [6.07, 6.45) is 1.50. The topological polar surface area (TPSA) is 64.4 Å². The molecule has 1 heterocycles. The first kappa shape index (κ1) is 12.2. The van der Waals surface area contributed by atoms with Gasteiger partial charge in [0.1, 0.15) is 17.0 Å². The summed E-state index contributed by atoms with van der Waals surface area (Å²) in [6.45, 7) is 1.91. The molecule has 5 heteroatoms. The molecule has 5 nitrogen and oxygen atoms in total. The maximum Gasteiger partial charge on any atom is 0.339 e. The van der Waals surface area contributed by atoms with Crippen molar-refractivity contribution in [3.05, 3.63) is 35.5 Å². The molecule has 0 aliphatic carbocycles. The van der Waals surface area contributed by atoms with Crippen LogP contribution in [0.3, 0.4) is 0 Å². The van der Waals surface area contributed by atoms with Gasteiger partial charge in [0, 0.05) is 18.8 Å². The van der Waals surface area contributed by atoms with Gasteiger partial charge in [0.05, 0.1) is 7.11 Å². The molecule has 94 valence electrons. The summed E-state index contributed by atoms with van der Waals surface area (Å²) in [5, 5.41) is 13.3. The Morgan fingerprint density at radius 2 is 2.17 bits per heavy atom. The molecule has 2 rings (SSSR count). The molecule has 1 aromatic carbocycles. The summed E-state index contributed by atoms with van der Waals surface area (Å²) in [5.74, 6) is -0.210. The van der Waals surface area contributed by atoms with E-state index >= 15 is 0 Å². The van der Waals surface area contributed by atoms with Crippen LogP contribution in [0.15, 0.2) is 24.4 Å². The first-order valence-corrected chi connectivity index (χ1v) is 5.45. The third-order valence-corrected chi connectivity index (χ3v) is 2.73. The Labute approximate surface area is 105 Å². The monoisotopic (exact) mass is 246 g/mol. The molecule has 2 aromatic rings. The third-order valence-electron chi connectivity index (χ3n) is 2.73. The van der Waals surface area contributed by atoms with Gasteiger partial charge in [-0.2, -0.15) is 5.10 Å². The number of hydrogen-bond acceptors (Lipinski definition) is 3. The van der Waals surface area contributed by atoms with Gasteiger partial charge in [-0.25, -0.2) is 4.79 Å². The fourth-order valence-electron chi connectivity index (χ4n) is 1.88. The number of carboxylic acids is 1. The number of nitrogens with zero attached hydrogens (tertiary/aromatic N) is 2. The van der Waals surface area contributed by atoms with Gasteiger partial charge in [-0.05, 0) is 30.7 Å². The van der Waals surface area contributed by atoms with Gasteiger partial charge >= 0.3 is 5.97 Å². The molecule has 0 aliphatic heterocycles. The van der Waals surface area contributed by atoms with Crippen LogP contribution in [0, 0.1) is 6.92 Å². The summed E-state index contributed by atoms with van der Waals surface area (Å²) in [4.78, 5) is 11.1. The maximum absolute atomic E-state index is 11.1. The van der Waals surface area contributed by atoms with Crippen molar-refractivity contribution in [2.45, 2.75) is 6.92 Å². The molecule has 0 unspecified atom stereocenters.